The first-order chi connectivity index (χ1) is 15.0. The van der Waals surface area contributed by atoms with E-state index in [0.29, 0.717) is 37.4 Å². The molecule has 2 aromatic rings. The van der Waals surface area contributed by atoms with E-state index in [9.17, 15) is 18.8 Å². The van der Waals surface area contributed by atoms with Gasteiger partial charge in [-0.25, -0.2) is 4.39 Å². The normalized spacial score (nSPS) is 19.6. The number of carbonyl (C=O) groups excluding carboxylic acids is 3. The number of benzene rings is 1. The Hall–Kier alpha value is -2.78. The number of thiophene rings is 1. The van der Waals surface area contributed by atoms with Crippen LogP contribution in [0.5, 0.6) is 0 Å². The van der Waals surface area contributed by atoms with Crippen molar-refractivity contribution in [3.05, 3.63) is 52.5 Å². The summed E-state index contributed by atoms with van der Waals surface area (Å²) in [6.45, 7) is 4.32. The lowest BCUT2D eigenvalue weighted by Crippen LogP contribution is -2.51. The Labute approximate surface area is 184 Å². The minimum atomic E-state index is -0.367. The summed E-state index contributed by atoms with van der Waals surface area (Å²) in [5.41, 5.74) is 1.30. The van der Waals surface area contributed by atoms with Crippen molar-refractivity contribution in [1.29, 1.82) is 0 Å². The van der Waals surface area contributed by atoms with Crippen molar-refractivity contribution in [2.24, 2.45) is 5.92 Å². The van der Waals surface area contributed by atoms with Crippen LogP contribution < -0.4 is 10.2 Å². The molecule has 2 aliphatic heterocycles. The van der Waals surface area contributed by atoms with E-state index in [1.165, 1.54) is 23.5 Å². The van der Waals surface area contributed by atoms with Gasteiger partial charge in [0.05, 0.1) is 5.92 Å². The number of halogens is 1. The van der Waals surface area contributed by atoms with E-state index < -0.39 is 0 Å². The molecule has 31 heavy (non-hydrogen) atoms. The van der Waals surface area contributed by atoms with Crippen LogP contribution >= 0.6 is 11.3 Å². The Kier molecular flexibility index (Phi) is 6.62. The van der Waals surface area contributed by atoms with Crippen molar-refractivity contribution in [2.45, 2.75) is 6.42 Å². The molecule has 3 amide bonds. The number of hydrogen-bond donors (Lipinski definition) is 1. The molecular weight excluding hydrogens is 419 g/mol. The van der Waals surface area contributed by atoms with Gasteiger partial charge in [0.2, 0.25) is 11.8 Å². The smallest absolute Gasteiger partial charge is 0.252 e. The number of nitrogens with zero attached hydrogens (tertiary/aromatic N) is 3. The fourth-order valence-electron chi connectivity index (χ4n) is 4.02. The molecule has 7 nitrogen and oxygen atoms in total. The number of hydrogen-bond acceptors (Lipinski definition) is 5. The third kappa shape index (κ3) is 5.11. The van der Waals surface area contributed by atoms with Gasteiger partial charge < -0.3 is 15.1 Å². The summed E-state index contributed by atoms with van der Waals surface area (Å²) in [4.78, 5) is 42.9. The van der Waals surface area contributed by atoms with Crippen LogP contribution in [0.2, 0.25) is 0 Å². The Bertz CT molecular complexity index is 927. The predicted octanol–water partition coefficient (Wildman–Crippen LogP) is 1.81. The fourth-order valence-corrected chi connectivity index (χ4v) is 4.65. The standard InChI is InChI=1S/C22H25FN4O3S/c23-18-1-3-19(4-2-18)27-14-17(13-20(27)28)22(30)26-10-8-25(9-11-26)7-6-24-21(29)16-5-12-31-15-16/h1-5,12,15,17H,6-11,13-14H2,(H,24,29). The molecule has 1 N–H and O–H groups in total. The molecule has 0 bridgehead atoms. The molecule has 9 heteroatoms. The number of carbonyl (C=O) groups is 3. The van der Waals surface area contributed by atoms with Gasteiger partial charge in [-0.1, -0.05) is 0 Å². The second-order valence-corrected chi connectivity index (χ2v) is 8.60. The molecular formula is C22H25FN4O3S. The van der Waals surface area contributed by atoms with E-state index in [1.54, 1.807) is 23.1 Å². The molecule has 164 valence electrons. The van der Waals surface area contributed by atoms with Crippen LogP contribution in [0.3, 0.4) is 0 Å². The molecule has 2 fully saturated rings. The maximum atomic E-state index is 13.1. The maximum absolute atomic E-state index is 13.1. The molecule has 1 atom stereocenters. The van der Waals surface area contributed by atoms with Crippen LogP contribution in [0.15, 0.2) is 41.1 Å². The first-order valence-electron chi connectivity index (χ1n) is 10.4. The monoisotopic (exact) mass is 444 g/mol. The highest BCUT2D eigenvalue weighted by Gasteiger charge is 2.37. The average molecular weight is 445 g/mol. The van der Waals surface area contributed by atoms with Crippen LogP contribution in [0.1, 0.15) is 16.8 Å². The SMILES string of the molecule is O=C(NCCN1CCN(C(=O)C2CC(=O)N(c3ccc(F)cc3)C2)CC1)c1ccsc1. The van der Waals surface area contributed by atoms with Crippen molar-refractivity contribution < 1.29 is 18.8 Å². The zero-order valence-electron chi connectivity index (χ0n) is 17.1. The van der Waals surface area contributed by atoms with Crippen LogP contribution in [0.25, 0.3) is 0 Å². The van der Waals surface area contributed by atoms with Crippen molar-refractivity contribution in [3.8, 4) is 0 Å². The molecule has 0 saturated carbocycles. The minimum Gasteiger partial charge on any atom is -0.351 e. The summed E-state index contributed by atoms with van der Waals surface area (Å²) in [5.74, 6) is -0.888. The van der Waals surface area contributed by atoms with Gasteiger partial charge in [-0.2, -0.15) is 11.3 Å². The van der Waals surface area contributed by atoms with Crippen molar-refractivity contribution in [1.82, 2.24) is 15.1 Å². The zero-order chi connectivity index (χ0) is 21.8. The van der Waals surface area contributed by atoms with Gasteiger partial charge in [0.1, 0.15) is 5.82 Å². The van der Waals surface area contributed by atoms with E-state index in [2.05, 4.69) is 10.2 Å². The largest absolute Gasteiger partial charge is 0.351 e. The highest BCUT2D eigenvalue weighted by atomic mass is 32.1. The summed E-state index contributed by atoms with van der Waals surface area (Å²) in [5, 5.41) is 6.62. The van der Waals surface area contributed by atoms with E-state index >= 15 is 0 Å². The molecule has 0 radical (unpaired) electrons. The molecule has 0 aliphatic carbocycles. The second kappa shape index (κ2) is 9.57. The Morgan fingerprint density at radius 2 is 1.84 bits per heavy atom. The first kappa shape index (κ1) is 21.5. The Morgan fingerprint density at radius 3 is 2.52 bits per heavy atom. The van der Waals surface area contributed by atoms with Gasteiger partial charge in [0.25, 0.3) is 5.91 Å². The van der Waals surface area contributed by atoms with E-state index in [1.807, 2.05) is 15.7 Å². The Balaban J connectivity index is 1.21. The second-order valence-electron chi connectivity index (χ2n) is 7.82. The van der Waals surface area contributed by atoms with Crippen LogP contribution in [0, 0.1) is 11.7 Å². The van der Waals surface area contributed by atoms with Crippen molar-refractivity contribution in [2.75, 3.05) is 50.7 Å². The van der Waals surface area contributed by atoms with E-state index in [4.69, 9.17) is 0 Å². The van der Waals surface area contributed by atoms with Gasteiger partial charge in [0, 0.05) is 68.9 Å². The highest BCUT2D eigenvalue weighted by molar-refractivity contribution is 7.08. The van der Waals surface area contributed by atoms with Gasteiger partial charge in [-0.3, -0.25) is 19.3 Å². The number of anilines is 1. The van der Waals surface area contributed by atoms with Crippen molar-refractivity contribution >= 4 is 34.7 Å². The first-order valence-corrected chi connectivity index (χ1v) is 11.3. The molecule has 2 saturated heterocycles. The van der Waals surface area contributed by atoms with Gasteiger partial charge in [-0.05, 0) is 35.7 Å². The van der Waals surface area contributed by atoms with Crippen LogP contribution in [-0.4, -0.2) is 73.3 Å². The van der Waals surface area contributed by atoms with Crippen LogP contribution in [0.4, 0.5) is 10.1 Å². The maximum Gasteiger partial charge on any atom is 0.252 e. The quantitative estimate of drug-likeness (QED) is 0.738. The third-order valence-corrected chi connectivity index (χ3v) is 6.48. The van der Waals surface area contributed by atoms with E-state index in [0.717, 1.165) is 19.6 Å². The van der Waals surface area contributed by atoms with Gasteiger partial charge in [-0.15, -0.1) is 0 Å². The Morgan fingerprint density at radius 1 is 1.10 bits per heavy atom. The molecule has 1 aromatic heterocycles. The lowest BCUT2D eigenvalue weighted by molar-refractivity contribution is -0.137. The van der Waals surface area contributed by atoms with Crippen molar-refractivity contribution in [3.63, 3.8) is 0 Å². The molecule has 2 aliphatic rings. The lowest BCUT2D eigenvalue weighted by Gasteiger charge is -2.35. The van der Waals surface area contributed by atoms with Crippen LogP contribution in [-0.2, 0) is 9.59 Å². The molecule has 0 spiro atoms. The topological polar surface area (TPSA) is 73.0 Å². The third-order valence-electron chi connectivity index (χ3n) is 5.79. The predicted molar refractivity (Wildman–Crippen MR) is 117 cm³/mol. The molecule has 1 aromatic carbocycles. The van der Waals surface area contributed by atoms with Gasteiger partial charge in [0.15, 0.2) is 0 Å². The summed E-state index contributed by atoms with van der Waals surface area (Å²) in [6, 6.07) is 7.57. The highest BCUT2D eigenvalue weighted by Crippen LogP contribution is 2.26. The fraction of sp³-hybridized carbons (Fsp3) is 0.409. The zero-order valence-corrected chi connectivity index (χ0v) is 17.9. The number of amides is 3. The molecule has 4 rings (SSSR count). The molecule has 3 heterocycles. The summed E-state index contributed by atoms with van der Waals surface area (Å²) < 4.78 is 13.1. The van der Waals surface area contributed by atoms with Gasteiger partial charge >= 0.3 is 0 Å². The molecule has 1 unspecified atom stereocenters. The average Bonchev–Trinajstić information content (AvgIpc) is 3.45. The van der Waals surface area contributed by atoms with E-state index in [-0.39, 0.29) is 35.9 Å². The minimum absolute atomic E-state index is 0.00312. The number of rotatable bonds is 6. The summed E-state index contributed by atoms with van der Waals surface area (Å²) >= 11 is 1.49. The lowest BCUT2D eigenvalue weighted by atomic mass is 10.1. The number of nitrogens with one attached hydrogen (secondary N) is 1. The summed E-state index contributed by atoms with van der Waals surface area (Å²) in [6.07, 6.45) is 0.186. The number of piperazine rings is 1. The summed E-state index contributed by atoms with van der Waals surface area (Å²) in [7, 11) is 0.